The van der Waals surface area contributed by atoms with Crippen molar-refractivity contribution >= 4 is 0 Å². The minimum atomic E-state index is 0.140. The molecule has 0 bridgehead atoms. The van der Waals surface area contributed by atoms with Crippen LogP contribution in [0.4, 0.5) is 0 Å². The Balaban J connectivity index is 2.85. The molecule has 0 aliphatic heterocycles. The Labute approximate surface area is 74.7 Å². The smallest absolute Gasteiger partial charge is 0.0328 e. The van der Waals surface area contributed by atoms with Crippen LogP contribution >= 0.6 is 0 Å². The molecule has 66 valence electrons. The number of hydrogen-bond donors (Lipinski definition) is 1. The molecule has 0 aromatic rings. The van der Waals surface area contributed by atoms with Crippen molar-refractivity contribution in [1.82, 2.24) is 0 Å². The lowest BCUT2D eigenvalue weighted by Crippen LogP contribution is -2.31. The summed E-state index contributed by atoms with van der Waals surface area (Å²) in [4.78, 5) is 0. The molecule has 0 saturated heterocycles. The number of rotatable bonds is 1. The largest absolute Gasteiger partial charge is 0.324 e. The molecule has 0 spiro atoms. The van der Waals surface area contributed by atoms with Crippen molar-refractivity contribution in [3.63, 3.8) is 0 Å². The number of nitrogens with two attached hydrogens (primary N) is 1. The number of allylic oxidation sites excluding steroid dienone is 1. The molecule has 4 atom stereocenters. The lowest BCUT2D eigenvalue weighted by Gasteiger charge is -2.25. The fourth-order valence-electron chi connectivity index (χ4n) is 1.57. The SMILES string of the molecule is C=CC1C=C=CC(N)C(C)C1C. The summed E-state index contributed by atoms with van der Waals surface area (Å²) in [5, 5.41) is 0. The van der Waals surface area contributed by atoms with Gasteiger partial charge in [-0.15, -0.1) is 12.3 Å². The molecule has 1 heteroatoms. The first-order valence-corrected chi connectivity index (χ1v) is 4.47. The molecule has 0 aromatic heterocycles. The summed E-state index contributed by atoms with van der Waals surface area (Å²) in [5.41, 5.74) is 9.03. The molecule has 12 heavy (non-hydrogen) atoms. The van der Waals surface area contributed by atoms with Crippen LogP contribution in [0.15, 0.2) is 30.5 Å². The van der Waals surface area contributed by atoms with E-state index < -0.39 is 0 Å². The van der Waals surface area contributed by atoms with E-state index in [1.54, 1.807) is 0 Å². The Bertz CT molecular complexity index is 223. The molecule has 0 saturated carbocycles. The predicted octanol–water partition coefficient (Wildman–Crippen LogP) is 2.11. The highest BCUT2D eigenvalue weighted by Gasteiger charge is 2.23. The Kier molecular flexibility index (Phi) is 2.91. The number of hydrogen-bond acceptors (Lipinski definition) is 1. The maximum atomic E-state index is 5.91. The summed E-state index contributed by atoms with van der Waals surface area (Å²) in [5.74, 6) is 1.48. The second-order valence-corrected chi connectivity index (χ2v) is 3.61. The van der Waals surface area contributed by atoms with Crippen molar-refractivity contribution in [1.29, 1.82) is 0 Å². The highest BCUT2D eigenvalue weighted by Crippen LogP contribution is 2.26. The molecule has 0 fully saturated rings. The lowest BCUT2D eigenvalue weighted by atomic mass is 9.82. The average molecular weight is 163 g/mol. The summed E-state index contributed by atoms with van der Waals surface area (Å²) in [6, 6.07) is 0.140. The molecular formula is C11H17N. The van der Waals surface area contributed by atoms with Gasteiger partial charge in [0.15, 0.2) is 0 Å². The summed E-state index contributed by atoms with van der Waals surface area (Å²) in [6.45, 7) is 8.21. The Morgan fingerprint density at radius 3 is 2.58 bits per heavy atom. The van der Waals surface area contributed by atoms with Crippen molar-refractivity contribution in [2.75, 3.05) is 0 Å². The van der Waals surface area contributed by atoms with Gasteiger partial charge >= 0.3 is 0 Å². The van der Waals surface area contributed by atoms with E-state index in [1.807, 2.05) is 12.2 Å². The van der Waals surface area contributed by atoms with Crippen molar-refractivity contribution in [3.8, 4) is 0 Å². The van der Waals surface area contributed by atoms with Gasteiger partial charge in [0, 0.05) is 12.0 Å². The maximum absolute atomic E-state index is 5.91. The maximum Gasteiger partial charge on any atom is 0.0328 e. The zero-order chi connectivity index (χ0) is 9.14. The van der Waals surface area contributed by atoms with Crippen LogP contribution in [0.5, 0.6) is 0 Å². The van der Waals surface area contributed by atoms with Crippen LogP contribution in [0.25, 0.3) is 0 Å². The van der Waals surface area contributed by atoms with Crippen molar-refractivity contribution < 1.29 is 0 Å². The second kappa shape index (κ2) is 3.75. The van der Waals surface area contributed by atoms with Gasteiger partial charge in [-0.2, -0.15) is 0 Å². The molecule has 1 nitrogen and oxygen atoms in total. The monoisotopic (exact) mass is 163 g/mol. The van der Waals surface area contributed by atoms with Gasteiger partial charge in [-0.3, -0.25) is 0 Å². The van der Waals surface area contributed by atoms with Crippen LogP contribution in [0.3, 0.4) is 0 Å². The van der Waals surface area contributed by atoms with Crippen molar-refractivity contribution in [2.45, 2.75) is 19.9 Å². The molecule has 0 amide bonds. The molecule has 1 aliphatic rings. The zero-order valence-electron chi connectivity index (χ0n) is 7.83. The van der Waals surface area contributed by atoms with Gasteiger partial charge in [0.1, 0.15) is 0 Å². The topological polar surface area (TPSA) is 26.0 Å². The van der Waals surface area contributed by atoms with E-state index in [-0.39, 0.29) is 6.04 Å². The molecular weight excluding hydrogens is 146 g/mol. The van der Waals surface area contributed by atoms with E-state index >= 15 is 0 Å². The van der Waals surface area contributed by atoms with E-state index in [9.17, 15) is 0 Å². The van der Waals surface area contributed by atoms with Crippen molar-refractivity contribution in [3.05, 3.63) is 30.5 Å². The quantitative estimate of drug-likeness (QED) is 0.465. The van der Waals surface area contributed by atoms with Gasteiger partial charge in [0.25, 0.3) is 0 Å². The van der Waals surface area contributed by atoms with Crippen LogP contribution in [-0.2, 0) is 0 Å². The molecule has 4 unspecified atom stereocenters. The van der Waals surface area contributed by atoms with Crippen LogP contribution in [0, 0.1) is 17.8 Å². The van der Waals surface area contributed by atoms with E-state index in [1.165, 1.54) is 0 Å². The third kappa shape index (κ3) is 1.69. The Morgan fingerprint density at radius 2 is 2.00 bits per heavy atom. The van der Waals surface area contributed by atoms with Crippen LogP contribution < -0.4 is 5.73 Å². The van der Waals surface area contributed by atoms with Crippen LogP contribution in [0.1, 0.15) is 13.8 Å². The normalized spacial score (nSPS) is 40.9. The first kappa shape index (κ1) is 9.31. The van der Waals surface area contributed by atoms with Gasteiger partial charge in [0.05, 0.1) is 0 Å². The highest BCUT2D eigenvalue weighted by molar-refractivity contribution is 5.08. The first-order valence-electron chi connectivity index (χ1n) is 4.47. The highest BCUT2D eigenvalue weighted by atomic mass is 14.6. The second-order valence-electron chi connectivity index (χ2n) is 3.61. The summed E-state index contributed by atoms with van der Waals surface area (Å²) < 4.78 is 0. The van der Waals surface area contributed by atoms with E-state index in [0.29, 0.717) is 17.8 Å². The van der Waals surface area contributed by atoms with Gasteiger partial charge < -0.3 is 5.73 Å². The molecule has 1 rings (SSSR count). The van der Waals surface area contributed by atoms with Crippen LogP contribution in [-0.4, -0.2) is 6.04 Å². The van der Waals surface area contributed by atoms with E-state index in [4.69, 9.17) is 5.73 Å². The molecule has 2 N–H and O–H groups in total. The molecule has 0 heterocycles. The van der Waals surface area contributed by atoms with Gasteiger partial charge in [0.2, 0.25) is 0 Å². The van der Waals surface area contributed by atoms with Gasteiger partial charge in [-0.05, 0) is 24.0 Å². The van der Waals surface area contributed by atoms with Gasteiger partial charge in [-0.25, -0.2) is 0 Å². The summed E-state index contributed by atoms with van der Waals surface area (Å²) in [6.07, 6.45) is 5.98. The first-order chi connectivity index (χ1) is 5.66. The third-order valence-electron chi connectivity index (χ3n) is 2.89. The lowest BCUT2D eigenvalue weighted by molar-refractivity contribution is 0.320. The predicted molar refractivity (Wildman–Crippen MR) is 52.6 cm³/mol. The third-order valence-corrected chi connectivity index (χ3v) is 2.89. The average Bonchev–Trinajstić information content (AvgIpc) is 2.19. The summed E-state index contributed by atoms with van der Waals surface area (Å²) in [7, 11) is 0. The van der Waals surface area contributed by atoms with Crippen molar-refractivity contribution in [2.24, 2.45) is 23.5 Å². The standard InChI is InChI=1S/C11H17N/c1-4-10-6-5-7-11(12)9(3)8(10)2/h4,6-11H,1,12H2,2-3H3. The fourth-order valence-corrected chi connectivity index (χ4v) is 1.57. The fraction of sp³-hybridized carbons (Fsp3) is 0.545. The zero-order valence-corrected chi connectivity index (χ0v) is 7.83. The van der Waals surface area contributed by atoms with Gasteiger partial charge in [-0.1, -0.05) is 19.9 Å². The van der Waals surface area contributed by atoms with E-state index in [0.717, 1.165) is 0 Å². The van der Waals surface area contributed by atoms with E-state index in [2.05, 4.69) is 32.2 Å². The summed E-state index contributed by atoms with van der Waals surface area (Å²) >= 11 is 0. The molecule has 0 aromatic carbocycles. The Morgan fingerprint density at radius 1 is 1.33 bits per heavy atom. The minimum Gasteiger partial charge on any atom is -0.324 e. The van der Waals surface area contributed by atoms with Crippen LogP contribution in [0.2, 0.25) is 0 Å². The minimum absolute atomic E-state index is 0.140. The molecule has 1 aliphatic carbocycles. The Hall–Kier alpha value is -0.780. The molecule has 0 radical (unpaired) electrons.